The third kappa shape index (κ3) is 4.20. The van der Waals surface area contributed by atoms with Gasteiger partial charge in [-0.05, 0) is 20.4 Å². The van der Waals surface area contributed by atoms with Crippen molar-refractivity contribution in [3.8, 4) is 0 Å². The SMILES string of the molecule is C=CC(C)(CCCCC)NC. The molecule has 66 valence electrons. The van der Waals surface area contributed by atoms with Gasteiger partial charge in [0.15, 0.2) is 0 Å². The van der Waals surface area contributed by atoms with Crippen LogP contribution < -0.4 is 5.32 Å². The quantitative estimate of drug-likeness (QED) is 0.459. The lowest BCUT2D eigenvalue weighted by atomic mass is 9.95. The van der Waals surface area contributed by atoms with Gasteiger partial charge in [-0.3, -0.25) is 0 Å². The fourth-order valence-corrected chi connectivity index (χ4v) is 1.07. The maximum atomic E-state index is 3.82. The Balaban J connectivity index is 3.60. The Morgan fingerprint density at radius 3 is 2.45 bits per heavy atom. The van der Waals surface area contributed by atoms with Crippen molar-refractivity contribution >= 4 is 0 Å². The molecule has 0 spiro atoms. The van der Waals surface area contributed by atoms with E-state index in [0.29, 0.717) is 0 Å². The Bertz CT molecular complexity index is 109. The average molecular weight is 155 g/mol. The van der Waals surface area contributed by atoms with Crippen molar-refractivity contribution < 1.29 is 0 Å². The van der Waals surface area contributed by atoms with Gasteiger partial charge in [0, 0.05) is 5.54 Å². The van der Waals surface area contributed by atoms with Crippen LogP contribution in [0.5, 0.6) is 0 Å². The first kappa shape index (κ1) is 10.7. The molecular weight excluding hydrogens is 134 g/mol. The van der Waals surface area contributed by atoms with E-state index in [0.717, 1.165) is 0 Å². The Morgan fingerprint density at radius 1 is 1.45 bits per heavy atom. The van der Waals surface area contributed by atoms with Crippen LogP contribution in [0.3, 0.4) is 0 Å². The molecule has 0 heterocycles. The largest absolute Gasteiger partial charge is 0.311 e. The first-order valence-corrected chi connectivity index (χ1v) is 4.51. The van der Waals surface area contributed by atoms with E-state index < -0.39 is 0 Å². The molecule has 0 saturated carbocycles. The summed E-state index contributed by atoms with van der Waals surface area (Å²) in [7, 11) is 1.99. The van der Waals surface area contributed by atoms with Crippen LogP contribution in [0, 0.1) is 0 Å². The normalized spacial score (nSPS) is 15.9. The third-order valence-electron chi connectivity index (χ3n) is 2.32. The van der Waals surface area contributed by atoms with E-state index in [-0.39, 0.29) is 5.54 Å². The second-order valence-electron chi connectivity index (χ2n) is 3.33. The number of rotatable bonds is 6. The fourth-order valence-electron chi connectivity index (χ4n) is 1.07. The number of unbranched alkanes of at least 4 members (excludes halogenated alkanes) is 2. The Morgan fingerprint density at radius 2 is 2.09 bits per heavy atom. The van der Waals surface area contributed by atoms with Gasteiger partial charge in [-0.25, -0.2) is 0 Å². The number of hydrogen-bond donors (Lipinski definition) is 1. The molecule has 0 aliphatic rings. The Hall–Kier alpha value is -0.300. The molecule has 1 N–H and O–H groups in total. The molecule has 0 amide bonds. The Kier molecular flexibility index (Phi) is 5.22. The summed E-state index contributed by atoms with van der Waals surface area (Å²) < 4.78 is 0. The van der Waals surface area contributed by atoms with E-state index in [9.17, 15) is 0 Å². The Labute approximate surface area is 70.9 Å². The topological polar surface area (TPSA) is 12.0 Å². The van der Waals surface area contributed by atoms with Crippen molar-refractivity contribution in [3.05, 3.63) is 12.7 Å². The molecule has 0 aromatic carbocycles. The molecule has 0 aromatic heterocycles. The third-order valence-corrected chi connectivity index (χ3v) is 2.32. The predicted molar refractivity (Wildman–Crippen MR) is 51.8 cm³/mol. The number of likely N-dealkylation sites (N-methyl/N-ethyl adjacent to an activating group) is 1. The maximum absolute atomic E-state index is 3.82. The second kappa shape index (κ2) is 5.36. The summed E-state index contributed by atoms with van der Waals surface area (Å²) in [5.74, 6) is 0. The highest BCUT2D eigenvalue weighted by atomic mass is 14.9. The zero-order chi connectivity index (χ0) is 8.74. The van der Waals surface area contributed by atoms with Crippen LogP contribution in [0.15, 0.2) is 12.7 Å². The summed E-state index contributed by atoms with van der Waals surface area (Å²) in [6.45, 7) is 8.24. The van der Waals surface area contributed by atoms with Crippen molar-refractivity contribution in [3.63, 3.8) is 0 Å². The van der Waals surface area contributed by atoms with Crippen molar-refractivity contribution in [2.75, 3.05) is 7.05 Å². The van der Waals surface area contributed by atoms with Crippen molar-refractivity contribution in [1.29, 1.82) is 0 Å². The lowest BCUT2D eigenvalue weighted by Crippen LogP contribution is -2.37. The zero-order valence-electron chi connectivity index (χ0n) is 8.11. The summed E-state index contributed by atoms with van der Waals surface area (Å²) in [5.41, 5.74) is 0.148. The molecule has 0 aromatic rings. The lowest BCUT2D eigenvalue weighted by Gasteiger charge is -2.24. The van der Waals surface area contributed by atoms with Crippen molar-refractivity contribution in [2.24, 2.45) is 0 Å². The maximum Gasteiger partial charge on any atom is 0.0330 e. The second-order valence-corrected chi connectivity index (χ2v) is 3.33. The summed E-state index contributed by atoms with van der Waals surface area (Å²) in [4.78, 5) is 0. The van der Waals surface area contributed by atoms with Gasteiger partial charge in [0.25, 0.3) is 0 Å². The molecule has 0 rings (SSSR count). The average Bonchev–Trinajstić information content (AvgIpc) is 2.05. The van der Waals surface area contributed by atoms with E-state index >= 15 is 0 Å². The van der Waals surface area contributed by atoms with Crippen LogP contribution in [-0.2, 0) is 0 Å². The molecule has 1 unspecified atom stereocenters. The number of nitrogens with one attached hydrogen (secondary N) is 1. The molecule has 1 heteroatoms. The van der Waals surface area contributed by atoms with Gasteiger partial charge in [-0.1, -0.05) is 32.3 Å². The smallest absolute Gasteiger partial charge is 0.0330 e. The molecule has 0 aliphatic carbocycles. The molecule has 0 bridgehead atoms. The summed E-state index contributed by atoms with van der Waals surface area (Å²) in [6.07, 6.45) is 7.10. The summed E-state index contributed by atoms with van der Waals surface area (Å²) in [5, 5.41) is 3.27. The molecule has 0 aliphatic heterocycles. The molecule has 1 atom stereocenters. The highest BCUT2D eigenvalue weighted by molar-refractivity contribution is 4.97. The minimum Gasteiger partial charge on any atom is -0.311 e. The van der Waals surface area contributed by atoms with Gasteiger partial charge in [0.1, 0.15) is 0 Å². The standard InChI is InChI=1S/C10H21N/c1-5-7-8-9-10(3,6-2)11-4/h6,11H,2,5,7-9H2,1,3-4H3. The summed E-state index contributed by atoms with van der Waals surface area (Å²) in [6, 6.07) is 0. The van der Waals surface area contributed by atoms with E-state index in [2.05, 4.69) is 25.7 Å². The highest BCUT2D eigenvalue weighted by Crippen LogP contribution is 2.14. The van der Waals surface area contributed by atoms with Gasteiger partial charge in [-0.2, -0.15) is 0 Å². The van der Waals surface area contributed by atoms with E-state index in [1.807, 2.05) is 13.1 Å². The molecular formula is C10H21N. The van der Waals surface area contributed by atoms with Crippen LogP contribution in [0.4, 0.5) is 0 Å². The minimum atomic E-state index is 0.148. The van der Waals surface area contributed by atoms with E-state index in [1.165, 1.54) is 25.7 Å². The van der Waals surface area contributed by atoms with E-state index in [4.69, 9.17) is 0 Å². The van der Waals surface area contributed by atoms with Gasteiger partial charge in [-0.15, -0.1) is 6.58 Å². The van der Waals surface area contributed by atoms with Crippen molar-refractivity contribution in [2.45, 2.75) is 45.1 Å². The molecule has 0 saturated heterocycles. The first-order valence-electron chi connectivity index (χ1n) is 4.51. The van der Waals surface area contributed by atoms with Gasteiger partial charge in [0.05, 0.1) is 0 Å². The molecule has 0 fully saturated rings. The van der Waals surface area contributed by atoms with Crippen molar-refractivity contribution in [1.82, 2.24) is 5.32 Å². The number of hydrogen-bond acceptors (Lipinski definition) is 1. The predicted octanol–water partition coefficient (Wildman–Crippen LogP) is 2.73. The van der Waals surface area contributed by atoms with Gasteiger partial charge < -0.3 is 5.32 Å². The minimum absolute atomic E-state index is 0.148. The molecule has 1 nitrogen and oxygen atoms in total. The monoisotopic (exact) mass is 155 g/mol. The fraction of sp³-hybridized carbons (Fsp3) is 0.800. The zero-order valence-corrected chi connectivity index (χ0v) is 8.11. The van der Waals surface area contributed by atoms with Crippen LogP contribution >= 0.6 is 0 Å². The first-order chi connectivity index (χ1) is 5.18. The van der Waals surface area contributed by atoms with Crippen LogP contribution in [0.25, 0.3) is 0 Å². The highest BCUT2D eigenvalue weighted by Gasteiger charge is 2.15. The lowest BCUT2D eigenvalue weighted by molar-refractivity contribution is 0.422. The van der Waals surface area contributed by atoms with Gasteiger partial charge in [0.2, 0.25) is 0 Å². The van der Waals surface area contributed by atoms with Crippen LogP contribution in [0.1, 0.15) is 39.5 Å². The van der Waals surface area contributed by atoms with Crippen LogP contribution in [0.2, 0.25) is 0 Å². The molecule has 0 radical (unpaired) electrons. The van der Waals surface area contributed by atoms with E-state index in [1.54, 1.807) is 0 Å². The summed E-state index contributed by atoms with van der Waals surface area (Å²) >= 11 is 0. The van der Waals surface area contributed by atoms with Crippen LogP contribution in [-0.4, -0.2) is 12.6 Å². The van der Waals surface area contributed by atoms with Gasteiger partial charge >= 0.3 is 0 Å². The molecule has 11 heavy (non-hydrogen) atoms.